The van der Waals surface area contributed by atoms with Crippen molar-refractivity contribution in [2.75, 3.05) is 5.73 Å². The summed E-state index contributed by atoms with van der Waals surface area (Å²) in [5.74, 6) is 0. The van der Waals surface area contributed by atoms with Crippen LogP contribution in [0.5, 0.6) is 0 Å². The van der Waals surface area contributed by atoms with Gasteiger partial charge in [-0.05, 0) is 6.07 Å². The summed E-state index contributed by atoms with van der Waals surface area (Å²) in [6.07, 6.45) is 0. The molecule has 11 heteroatoms. The van der Waals surface area contributed by atoms with Crippen molar-refractivity contribution in [1.82, 2.24) is 0 Å². The fraction of sp³-hybridized carbons (Fsp3) is 0. The van der Waals surface area contributed by atoms with Gasteiger partial charge in [-0.3, -0.25) is 14.8 Å². The van der Waals surface area contributed by atoms with Crippen molar-refractivity contribution in [1.29, 1.82) is 10.8 Å². The molecule has 0 amide bonds. The zero-order valence-corrected chi connectivity index (χ0v) is 8.37. The summed E-state index contributed by atoms with van der Waals surface area (Å²) < 4.78 is 0. The molecule has 17 heavy (non-hydrogen) atoms. The molecule has 1 aromatic rings. The van der Waals surface area contributed by atoms with E-state index in [1.807, 2.05) is 0 Å². The topological polar surface area (TPSA) is 177 Å². The Hall–Kier alpha value is -2.29. The number of hydrogen-bond acceptors (Lipinski definition) is 8. The summed E-state index contributed by atoms with van der Waals surface area (Å²) in [5, 5.41) is 43.6. The minimum Gasteiger partial charge on any atom is -0.402 e. The van der Waals surface area contributed by atoms with Crippen LogP contribution < -0.4 is 5.73 Å². The van der Waals surface area contributed by atoms with Gasteiger partial charge in [0.2, 0.25) is 0 Å². The Morgan fingerprint density at radius 1 is 1.29 bits per heavy atom. The third-order valence-corrected chi connectivity index (χ3v) is 1.08. The molecule has 0 saturated carbocycles. The number of nitro benzene ring substituents is 1. The molecule has 0 fully saturated rings. The molecule has 0 aliphatic rings. The zero-order chi connectivity index (χ0) is 13.1. The summed E-state index contributed by atoms with van der Waals surface area (Å²) in [5.41, 5.74) is 5.73. The highest BCUT2D eigenvalue weighted by molar-refractivity contribution is 6.30. The Morgan fingerprint density at radius 3 is 1.94 bits per heavy atom. The Balaban J connectivity index is -0.000000242. The van der Waals surface area contributed by atoms with Gasteiger partial charge in [-0.2, -0.15) is 0 Å². The molecular formula is C6H10BFN4O5. The van der Waals surface area contributed by atoms with E-state index in [4.69, 9.17) is 31.6 Å². The van der Waals surface area contributed by atoms with Gasteiger partial charge in [-0.25, -0.2) is 0 Å². The number of non-ortho nitro benzene ring substituents is 1. The van der Waals surface area contributed by atoms with Crippen molar-refractivity contribution in [3.8, 4) is 0 Å². The Kier molecular flexibility index (Phi) is 14.0. The highest BCUT2D eigenvalue weighted by atomic mass is 19.0. The first-order chi connectivity index (χ1) is 7.43. The normalized spacial score (nSPS) is 7.12. The van der Waals surface area contributed by atoms with Crippen LogP contribution in [0.3, 0.4) is 0 Å². The first-order valence-electron chi connectivity index (χ1n) is 3.67. The van der Waals surface area contributed by atoms with Crippen LogP contribution in [-0.2, 0) is 0 Å². The molecule has 1 rings (SSSR count). The Bertz CT molecular complexity index is 347. The molecule has 1 aromatic carbocycles. The van der Waals surface area contributed by atoms with E-state index in [2.05, 4.69) is 0 Å². The summed E-state index contributed by atoms with van der Waals surface area (Å²) in [7, 11) is -2.17. The molecule has 0 aliphatic carbocycles. The largest absolute Gasteiger partial charge is 0.631 e. The van der Waals surface area contributed by atoms with Crippen molar-refractivity contribution in [3.63, 3.8) is 0 Å². The van der Waals surface area contributed by atoms with Crippen LogP contribution in [0.2, 0.25) is 0 Å². The smallest absolute Gasteiger partial charge is 0.402 e. The third kappa shape index (κ3) is 13.7. The molecule has 9 nitrogen and oxygen atoms in total. The van der Waals surface area contributed by atoms with Crippen LogP contribution in [0.1, 0.15) is 0 Å². The van der Waals surface area contributed by atoms with Crippen LogP contribution in [-0.4, -0.2) is 27.3 Å². The highest BCUT2D eigenvalue weighted by Crippen LogP contribution is 2.13. The lowest BCUT2D eigenvalue weighted by Gasteiger charge is -1.90. The van der Waals surface area contributed by atoms with Gasteiger partial charge in [-0.1, -0.05) is 6.07 Å². The van der Waals surface area contributed by atoms with Crippen LogP contribution in [0.25, 0.3) is 0 Å². The number of rotatable bonds is 1. The number of nitrogen functional groups attached to an aromatic ring is 1. The maximum absolute atomic E-state index is 10.1. The van der Waals surface area contributed by atoms with Crippen molar-refractivity contribution < 1.29 is 24.7 Å². The Morgan fingerprint density at radius 2 is 1.71 bits per heavy atom. The fourth-order valence-corrected chi connectivity index (χ4v) is 0.638. The predicted octanol–water partition coefficient (Wildman–Crippen LogP) is -0.692. The number of benzene rings is 1. The molecule has 0 saturated heterocycles. The number of nitrogens with two attached hydrogens (primary N) is 1. The number of nitro groups is 1. The minimum atomic E-state index is -2.17. The predicted molar refractivity (Wildman–Crippen MR) is 55.9 cm³/mol. The van der Waals surface area contributed by atoms with E-state index in [0.717, 1.165) is 0 Å². The molecule has 0 spiro atoms. The third-order valence-electron chi connectivity index (χ3n) is 1.08. The maximum atomic E-state index is 10.1. The van der Waals surface area contributed by atoms with Crippen LogP contribution in [0.4, 0.5) is 16.1 Å². The Labute approximate surface area is 95.2 Å². The van der Waals surface area contributed by atoms with Gasteiger partial charge in [0.05, 0.1) is 4.92 Å². The molecule has 94 valence electrons. The van der Waals surface area contributed by atoms with Gasteiger partial charge in [0, 0.05) is 28.6 Å². The van der Waals surface area contributed by atoms with E-state index in [-0.39, 0.29) is 10.4 Å². The maximum Gasteiger partial charge on any atom is 0.631 e. The fourth-order valence-electron chi connectivity index (χ4n) is 0.638. The molecule has 0 aliphatic heterocycles. The highest BCUT2D eigenvalue weighted by Gasteiger charge is 2.02. The molecule has 0 radical (unpaired) electrons. The lowest BCUT2D eigenvalue weighted by molar-refractivity contribution is -0.384. The number of hydrogen-bond donors (Lipinski definition) is 4. The van der Waals surface area contributed by atoms with E-state index >= 15 is 0 Å². The summed E-state index contributed by atoms with van der Waals surface area (Å²) >= 11 is 0. The molecule has 0 heterocycles. The van der Waals surface area contributed by atoms with E-state index in [1.165, 1.54) is 12.1 Å². The molecule has 0 atom stereocenters. The second-order valence-electron chi connectivity index (χ2n) is 2.20. The zero-order valence-electron chi connectivity index (χ0n) is 8.37. The average molecular weight is 248 g/mol. The summed E-state index contributed by atoms with van der Waals surface area (Å²) in [4.78, 5) is 9.63. The van der Waals surface area contributed by atoms with E-state index < -0.39 is 12.2 Å². The molecule has 0 bridgehead atoms. The lowest BCUT2D eigenvalue weighted by Crippen LogP contribution is -2.07. The van der Waals surface area contributed by atoms with E-state index in [0.29, 0.717) is 5.69 Å². The lowest BCUT2D eigenvalue weighted by atomic mass is 10.3. The van der Waals surface area contributed by atoms with Crippen LogP contribution >= 0.6 is 0 Å². The van der Waals surface area contributed by atoms with Crippen molar-refractivity contribution in [3.05, 3.63) is 34.4 Å². The number of nitrogens with zero attached hydrogens (tertiary/aromatic N) is 3. The second kappa shape index (κ2) is 11.8. The quantitative estimate of drug-likeness (QED) is 0.166. The SMILES string of the molecule is F.N#N.Nc1cccc([N+](=O)[O-])c1.OB(O)O. The van der Waals surface area contributed by atoms with Gasteiger partial charge >= 0.3 is 7.32 Å². The van der Waals surface area contributed by atoms with Crippen molar-refractivity contribution in [2.24, 2.45) is 0 Å². The molecule has 5 N–H and O–H groups in total. The van der Waals surface area contributed by atoms with Gasteiger partial charge in [-0.15, -0.1) is 0 Å². The average Bonchev–Trinajstić information content (AvgIpc) is 2.20. The first kappa shape index (κ1) is 20.2. The van der Waals surface area contributed by atoms with Gasteiger partial charge < -0.3 is 20.8 Å². The molecule has 0 aromatic heterocycles. The number of anilines is 1. The van der Waals surface area contributed by atoms with Crippen LogP contribution in [0, 0.1) is 20.9 Å². The van der Waals surface area contributed by atoms with Gasteiger partial charge in [0.25, 0.3) is 5.69 Å². The standard InChI is InChI=1S/C6H6N2O2.BH3O3.FH.N2/c7-5-2-1-3-6(4-5)8(9)10;2-1(3)4;;1-2/h1-4H,7H2;2-4H;1H;. The van der Waals surface area contributed by atoms with Gasteiger partial charge in [0.1, 0.15) is 0 Å². The summed E-state index contributed by atoms with van der Waals surface area (Å²) in [6, 6.07) is 5.87. The number of halogens is 1. The first-order valence-corrected chi connectivity index (χ1v) is 3.67. The van der Waals surface area contributed by atoms with E-state index in [1.54, 1.807) is 12.1 Å². The van der Waals surface area contributed by atoms with Crippen molar-refractivity contribution >= 4 is 18.7 Å². The molecule has 0 unspecified atom stereocenters. The monoisotopic (exact) mass is 248 g/mol. The van der Waals surface area contributed by atoms with Gasteiger partial charge in [0.15, 0.2) is 0 Å². The minimum absolute atomic E-state index is 0. The van der Waals surface area contributed by atoms with Crippen LogP contribution in [0.15, 0.2) is 24.3 Å². The van der Waals surface area contributed by atoms with Crippen molar-refractivity contribution in [2.45, 2.75) is 0 Å². The summed E-state index contributed by atoms with van der Waals surface area (Å²) in [6.45, 7) is 0. The molecular weight excluding hydrogens is 238 g/mol. The second-order valence-corrected chi connectivity index (χ2v) is 2.20. The van der Waals surface area contributed by atoms with E-state index in [9.17, 15) is 10.1 Å².